The minimum Gasteiger partial charge on any atom is -0.465 e. The topological polar surface area (TPSA) is 65.7 Å². The second kappa shape index (κ2) is 8.98. The van der Waals surface area contributed by atoms with Gasteiger partial charge in [0.2, 0.25) is 0 Å². The van der Waals surface area contributed by atoms with Crippen molar-refractivity contribution in [1.29, 1.82) is 0 Å². The van der Waals surface area contributed by atoms with Crippen LogP contribution in [-0.4, -0.2) is 24.8 Å². The van der Waals surface area contributed by atoms with Gasteiger partial charge >= 0.3 is 11.9 Å². The van der Waals surface area contributed by atoms with Gasteiger partial charge in [-0.2, -0.15) is 0 Å². The van der Waals surface area contributed by atoms with Crippen LogP contribution in [0.2, 0.25) is 0 Å². The first kappa shape index (κ1) is 17.9. The number of benzene rings is 1. The maximum Gasteiger partial charge on any atom is 0.341 e. The Morgan fingerprint density at radius 3 is 2.58 bits per heavy atom. The number of esters is 2. The van der Waals surface area contributed by atoms with Crippen LogP contribution >= 0.6 is 11.8 Å². The van der Waals surface area contributed by atoms with Gasteiger partial charge in [-0.1, -0.05) is 12.1 Å². The normalized spacial score (nSPS) is 10.8. The summed E-state index contributed by atoms with van der Waals surface area (Å²) in [5, 5.41) is 0. The van der Waals surface area contributed by atoms with Crippen molar-refractivity contribution in [1.82, 2.24) is 0 Å². The zero-order valence-corrected chi connectivity index (χ0v) is 14.3. The van der Waals surface area contributed by atoms with Crippen molar-refractivity contribution >= 4 is 29.8 Å². The van der Waals surface area contributed by atoms with E-state index < -0.39 is 11.9 Å². The third kappa shape index (κ3) is 5.03. The second-order valence-electron chi connectivity index (χ2n) is 4.69. The molecule has 0 saturated heterocycles. The lowest BCUT2D eigenvalue weighted by Gasteiger charge is -2.03. The van der Waals surface area contributed by atoms with E-state index in [2.05, 4.69) is 0 Å². The van der Waals surface area contributed by atoms with E-state index in [1.54, 1.807) is 24.8 Å². The number of hydrogen-bond acceptors (Lipinski definition) is 6. The number of rotatable bonds is 7. The summed E-state index contributed by atoms with van der Waals surface area (Å²) in [5.41, 5.74) is 1.16. The van der Waals surface area contributed by atoms with Crippen LogP contribution in [0.1, 0.15) is 28.6 Å². The molecule has 24 heavy (non-hydrogen) atoms. The van der Waals surface area contributed by atoms with E-state index in [0.717, 1.165) is 10.5 Å². The molecule has 2 aromatic rings. The standard InChI is InChI=1S/C18H18O5S/c1-3-21-18(20)15-10-11-22-16(15)12-23-17(19)9-6-13-4-7-14(24-2)8-5-13/h4-11H,3,12H2,1-2H3/b9-6+. The highest BCUT2D eigenvalue weighted by molar-refractivity contribution is 7.98. The van der Waals surface area contributed by atoms with Gasteiger partial charge in [-0.25, -0.2) is 9.59 Å². The number of carbonyl (C=O) groups excluding carboxylic acids is 2. The van der Waals surface area contributed by atoms with Crippen LogP contribution in [0, 0.1) is 0 Å². The average Bonchev–Trinajstić information content (AvgIpc) is 3.07. The molecule has 1 aromatic heterocycles. The first-order valence-corrected chi connectivity index (χ1v) is 8.59. The van der Waals surface area contributed by atoms with Gasteiger partial charge in [-0.05, 0) is 43.0 Å². The Morgan fingerprint density at radius 2 is 1.92 bits per heavy atom. The predicted octanol–water partition coefficient (Wildman–Crippen LogP) is 3.93. The highest BCUT2D eigenvalue weighted by Gasteiger charge is 2.16. The van der Waals surface area contributed by atoms with Gasteiger partial charge in [0.25, 0.3) is 0 Å². The summed E-state index contributed by atoms with van der Waals surface area (Å²) in [4.78, 5) is 24.6. The molecule has 1 heterocycles. The molecule has 126 valence electrons. The fraction of sp³-hybridized carbons (Fsp3) is 0.222. The van der Waals surface area contributed by atoms with Crippen molar-refractivity contribution in [3.63, 3.8) is 0 Å². The predicted molar refractivity (Wildman–Crippen MR) is 91.7 cm³/mol. The molecule has 1 aromatic carbocycles. The van der Waals surface area contributed by atoms with Crippen molar-refractivity contribution in [2.75, 3.05) is 12.9 Å². The SMILES string of the molecule is CCOC(=O)c1ccoc1COC(=O)/C=C/c1ccc(SC)cc1. The molecule has 0 aliphatic rings. The van der Waals surface area contributed by atoms with Gasteiger partial charge in [0.05, 0.1) is 12.9 Å². The monoisotopic (exact) mass is 346 g/mol. The van der Waals surface area contributed by atoms with Crippen molar-refractivity contribution in [3.05, 3.63) is 59.6 Å². The van der Waals surface area contributed by atoms with E-state index in [1.807, 2.05) is 30.5 Å². The molecule has 6 heteroatoms. The second-order valence-corrected chi connectivity index (χ2v) is 5.57. The number of ether oxygens (including phenoxy) is 2. The van der Waals surface area contributed by atoms with Gasteiger partial charge in [0, 0.05) is 11.0 Å². The van der Waals surface area contributed by atoms with Gasteiger partial charge in [0.1, 0.15) is 5.56 Å². The van der Waals surface area contributed by atoms with Crippen molar-refractivity contribution in [2.45, 2.75) is 18.4 Å². The van der Waals surface area contributed by atoms with Crippen LogP contribution in [0.3, 0.4) is 0 Å². The lowest BCUT2D eigenvalue weighted by atomic mass is 10.2. The summed E-state index contributed by atoms with van der Waals surface area (Å²) in [6.07, 6.45) is 6.36. The fourth-order valence-corrected chi connectivity index (χ4v) is 2.32. The van der Waals surface area contributed by atoms with E-state index in [0.29, 0.717) is 0 Å². The largest absolute Gasteiger partial charge is 0.465 e. The molecule has 0 atom stereocenters. The van der Waals surface area contributed by atoms with Crippen molar-refractivity contribution < 1.29 is 23.5 Å². The number of hydrogen-bond donors (Lipinski definition) is 0. The van der Waals surface area contributed by atoms with E-state index >= 15 is 0 Å². The molecule has 0 spiro atoms. The molecule has 0 amide bonds. The Labute approximate surface area is 144 Å². The van der Waals surface area contributed by atoms with Crippen LogP contribution in [-0.2, 0) is 20.9 Å². The molecule has 0 N–H and O–H groups in total. The third-order valence-electron chi connectivity index (χ3n) is 3.11. The molecular weight excluding hydrogens is 328 g/mol. The fourth-order valence-electron chi connectivity index (χ4n) is 1.91. The summed E-state index contributed by atoms with van der Waals surface area (Å²) in [7, 11) is 0. The molecule has 0 aliphatic carbocycles. The lowest BCUT2D eigenvalue weighted by Crippen LogP contribution is -2.08. The maximum atomic E-state index is 11.8. The highest BCUT2D eigenvalue weighted by Crippen LogP contribution is 2.16. The van der Waals surface area contributed by atoms with Crippen LogP contribution < -0.4 is 0 Å². The molecule has 0 radical (unpaired) electrons. The summed E-state index contributed by atoms with van der Waals surface area (Å²) in [6.45, 7) is 1.85. The minimum atomic E-state index is -0.518. The minimum absolute atomic E-state index is 0.129. The molecule has 0 saturated carbocycles. The van der Waals surface area contributed by atoms with Gasteiger partial charge in [-0.15, -0.1) is 11.8 Å². The molecule has 0 bridgehead atoms. The molecule has 0 aliphatic heterocycles. The summed E-state index contributed by atoms with van der Waals surface area (Å²) >= 11 is 1.65. The number of thioether (sulfide) groups is 1. The molecule has 0 unspecified atom stereocenters. The zero-order chi connectivity index (χ0) is 17.4. The summed E-state index contributed by atoms with van der Waals surface area (Å²) < 4.78 is 15.2. The maximum absolute atomic E-state index is 11.8. The third-order valence-corrected chi connectivity index (χ3v) is 3.86. The summed E-state index contributed by atoms with van der Waals surface area (Å²) in [6, 6.07) is 9.28. The Kier molecular flexibility index (Phi) is 6.69. The smallest absolute Gasteiger partial charge is 0.341 e. The average molecular weight is 346 g/mol. The first-order chi connectivity index (χ1) is 11.6. The first-order valence-electron chi connectivity index (χ1n) is 7.36. The Balaban J connectivity index is 1.90. The molecule has 0 fully saturated rings. The van der Waals surface area contributed by atoms with Crippen LogP contribution in [0.25, 0.3) is 6.08 Å². The highest BCUT2D eigenvalue weighted by atomic mass is 32.2. The van der Waals surface area contributed by atoms with Crippen LogP contribution in [0.5, 0.6) is 0 Å². The van der Waals surface area contributed by atoms with E-state index in [1.165, 1.54) is 18.4 Å². The van der Waals surface area contributed by atoms with Crippen molar-refractivity contribution in [3.8, 4) is 0 Å². The molecular formula is C18H18O5S. The Hall–Kier alpha value is -2.47. The van der Waals surface area contributed by atoms with Gasteiger partial charge in [0.15, 0.2) is 12.4 Å². The molecule has 2 rings (SSSR count). The summed E-state index contributed by atoms with van der Waals surface area (Å²) in [5.74, 6) is -0.753. The van der Waals surface area contributed by atoms with Crippen LogP contribution in [0.15, 0.2) is 52.0 Å². The Bertz CT molecular complexity index is 715. The molecule has 5 nitrogen and oxygen atoms in total. The number of furan rings is 1. The van der Waals surface area contributed by atoms with Crippen molar-refractivity contribution in [2.24, 2.45) is 0 Å². The van der Waals surface area contributed by atoms with Gasteiger partial charge < -0.3 is 13.9 Å². The number of carbonyl (C=O) groups is 2. The van der Waals surface area contributed by atoms with Gasteiger partial charge in [-0.3, -0.25) is 0 Å². The van der Waals surface area contributed by atoms with E-state index in [-0.39, 0.29) is 24.5 Å². The quantitative estimate of drug-likeness (QED) is 0.430. The Morgan fingerprint density at radius 1 is 1.17 bits per heavy atom. The van der Waals surface area contributed by atoms with Crippen LogP contribution in [0.4, 0.5) is 0 Å². The van der Waals surface area contributed by atoms with E-state index in [9.17, 15) is 9.59 Å². The van der Waals surface area contributed by atoms with E-state index in [4.69, 9.17) is 13.9 Å². The zero-order valence-electron chi connectivity index (χ0n) is 13.5. The lowest BCUT2D eigenvalue weighted by molar-refractivity contribution is -0.139.